The van der Waals surface area contributed by atoms with E-state index in [1.54, 1.807) is 0 Å². The van der Waals surface area contributed by atoms with E-state index < -0.39 is 0 Å². The predicted octanol–water partition coefficient (Wildman–Crippen LogP) is 0.633. The molecule has 17 heavy (non-hydrogen) atoms. The van der Waals surface area contributed by atoms with Gasteiger partial charge in [-0.05, 0) is 40.3 Å². The Morgan fingerprint density at radius 2 is 1.76 bits per heavy atom. The molecule has 0 aromatic rings. The van der Waals surface area contributed by atoms with E-state index in [9.17, 15) is 4.79 Å². The molecule has 0 N–H and O–H groups in total. The summed E-state index contributed by atoms with van der Waals surface area (Å²) in [6, 6.07) is 0.636. The molecule has 2 aliphatic heterocycles. The van der Waals surface area contributed by atoms with Crippen molar-refractivity contribution in [3.8, 4) is 0 Å². The van der Waals surface area contributed by atoms with Gasteiger partial charge in [-0.3, -0.25) is 9.69 Å². The Hall–Kier alpha value is -0.610. The molecule has 2 fully saturated rings. The van der Waals surface area contributed by atoms with Crippen LogP contribution in [0.4, 0.5) is 0 Å². The van der Waals surface area contributed by atoms with Crippen molar-refractivity contribution in [2.24, 2.45) is 0 Å². The van der Waals surface area contributed by atoms with Crippen LogP contribution in [0.3, 0.4) is 0 Å². The first-order chi connectivity index (χ1) is 8.09. The summed E-state index contributed by atoms with van der Waals surface area (Å²) >= 11 is 0. The van der Waals surface area contributed by atoms with Gasteiger partial charge in [0.05, 0.1) is 6.04 Å². The summed E-state index contributed by atoms with van der Waals surface area (Å²) in [6.07, 6.45) is 2.21. The van der Waals surface area contributed by atoms with Crippen molar-refractivity contribution in [1.29, 1.82) is 0 Å². The van der Waals surface area contributed by atoms with Crippen molar-refractivity contribution in [3.05, 3.63) is 0 Å². The van der Waals surface area contributed by atoms with Crippen LogP contribution < -0.4 is 0 Å². The number of rotatable bonds is 2. The summed E-state index contributed by atoms with van der Waals surface area (Å²) in [5, 5.41) is 0. The molecule has 4 nitrogen and oxygen atoms in total. The second-order valence-corrected chi connectivity index (χ2v) is 5.62. The lowest BCUT2D eigenvalue weighted by Gasteiger charge is -2.36. The maximum Gasteiger partial charge on any atom is 0.240 e. The van der Waals surface area contributed by atoms with Gasteiger partial charge in [0.25, 0.3) is 0 Å². The maximum atomic E-state index is 12.5. The quantitative estimate of drug-likeness (QED) is 0.707. The zero-order chi connectivity index (χ0) is 12.4. The molecule has 2 heterocycles. The Morgan fingerprint density at radius 1 is 1.12 bits per heavy atom. The molecule has 0 saturated carbocycles. The zero-order valence-electron chi connectivity index (χ0n) is 11.4. The first kappa shape index (κ1) is 12.8. The molecule has 98 valence electrons. The Bertz CT molecular complexity index is 272. The van der Waals surface area contributed by atoms with Crippen LogP contribution in [0, 0.1) is 0 Å². The lowest BCUT2D eigenvalue weighted by Crippen LogP contribution is -2.53. The molecule has 2 saturated heterocycles. The highest BCUT2D eigenvalue weighted by Gasteiger charge is 2.35. The highest BCUT2D eigenvalue weighted by atomic mass is 16.2. The van der Waals surface area contributed by atoms with Crippen molar-refractivity contribution < 1.29 is 4.79 Å². The van der Waals surface area contributed by atoms with Gasteiger partial charge in [-0.15, -0.1) is 0 Å². The number of hydrogen-bond acceptors (Lipinski definition) is 3. The minimum atomic E-state index is 0.151. The lowest BCUT2D eigenvalue weighted by atomic mass is 10.1. The highest BCUT2D eigenvalue weighted by Crippen LogP contribution is 2.22. The standard InChI is InChI=1S/C13H25N3O/c1-11(2)16-6-4-5-12(16)13(17)15-9-7-14(3)8-10-15/h11-12H,4-10H2,1-3H3/t12-/m1/s1. The van der Waals surface area contributed by atoms with Crippen molar-refractivity contribution >= 4 is 5.91 Å². The smallest absolute Gasteiger partial charge is 0.240 e. The average molecular weight is 239 g/mol. The monoisotopic (exact) mass is 239 g/mol. The summed E-state index contributed by atoms with van der Waals surface area (Å²) in [6.45, 7) is 9.29. The lowest BCUT2D eigenvalue weighted by molar-refractivity contribution is -0.138. The van der Waals surface area contributed by atoms with Gasteiger partial charge in [0.2, 0.25) is 5.91 Å². The van der Waals surface area contributed by atoms with Crippen molar-refractivity contribution in [2.45, 2.75) is 38.8 Å². The molecule has 0 aromatic carbocycles. The molecule has 2 rings (SSSR count). The zero-order valence-corrected chi connectivity index (χ0v) is 11.4. The van der Waals surface area contributed by atoms with Crippen LogP contribution >= 0.6 is 0 Å². The molecule has 0 bridgehead atoms. The van der Waals surface area contributed by atoms with E-state index in [1.807, 2.05) is 0 Å². The number of carbonyl (C=O) groups excluding carboxylic acids is 1. The molecule has 0 unspecified atom stereocenters. The molecular formula is C13H25N3O. The van der Waals surface area contributed by atoms with Gasteiger partial charge >= 0.3 is 0 Å². The van der Waals surface area contributed by atoms with Crippen molar-refractivity contribution in [2.75, 3.05) is 39.8 Å². The molecule has 2 aliphatic rings. The Labute approximate surface area is 105 Å². The van der Waals surface area contributed by atoms with E-state index in [2.05, 4.69) is 35.6 Å². The number of carbonyl (C=O) groups is 1. The SMILES string of the molecule is CC(C)N1CCC[C@@H]1C(=O)N1CCN(C)CC1. The maximum absolute atomic E-state index is 12.5. The summed E-state index contributed by atoms with van der Waals surface area (Å²) in [5.41, 5.74) is 0. The van der Waals surface area contributed by atoms with Crippen molar-refractivity contribution in [1.82, 2.24) is 14.7 Å². The van der Waals surface area contributed by atoms with Crippen LogP contribution in [-0.2, 0) is 4.79 Å². The van der Waals surface area contributed by atoms with Gasteiger partial charge < -0.3 is 9.80 Å². The van der Waals surface area contributed by atoms with E-state index in [4.69, 9.17) is 0 Å². The number of likely N-dealkylation sites (tertiary alicyclic amines) is 1. The van der Waals surface area contributed by atoms with E-state index in [0.717, 1.165) is 39.1 Å². The predicted molar refractivity (Wildman–Crippen MR) is 68.9 cm³/mol. The first-order valence-corrected chi connectivity index (χ1v) is 6.82. The Kier molecular flexibility index (Phi) is 4.05. The van der Waals surface area contributed by atoms with E-state index in [1.165, 1.54) is 6.42 Å². The van der Waals surface area contributed by atoms with Crippen LogP contribution in [0.15, 0.2) is 0 Å². The number of likely N-dealkylation sites (N-methyl/N-ethyl adjacent to an activating group) is 1. The summed E-state index contributed by atoms with van der Waals surface area (Å²) in [4.78, 5) is 19.2. The van der Waals surface area contributed by atoms with Crippen LogP contribution in [0.2, 0.25) is 0 Å². The van der Waals surface area contributed by atoms with Crippen molar-refractivity contribution in [3.63, 3.8) is 0 Å². The summed E-state index contributed by atoms with van der Waals surface area (Å²) < 4.78 is 0. The average Bonchev–Trinajstić information content (AvgIpc) is 2.78. The molecule has 0 aliphatic carbocycles. The molecular weight excluding hydrogens is 214 g/mol. The summed E-state index contributed by atoms with van der Waals surface area (Å²) in [7, 11) is 2.12. The van der Waals surface area contributed by atoms with E-state index in [0.29, 0.717) is 11.9 Å². The fourth-order valence-corrected chi connectivity index (χ4v) is 2.91. The minimum absolute atomic E-state index is 0.151. The van der Waals surface area contributed by atoms with Crippen LogP contribution in [-0.4, -0.2) is 72.5 Å². The highest BCUT2D eigenvalue weighted by molar-refractivity contribution is 5.82. The number of amides is 1. The van der Waals surface area contributed by atoms with E-state index in [-0.39, 0.29) is 6.04 Å². The normalized spacial score (nSPS) is 28.0. The number of nitrogens with zero attached hydrogens (tertiary/aromatic N) is 3. The third-order valence-corrected chi connectivity index (χ3v) is 4.06. The van der Waals surface area contributed by atoms with Gasteiger partial charge in [0.1, 0.15) is 0 Å². The minimum Gasteiger partial charge on any atom is -0.339 e. The van der Waals surface area contributed by atoms with Crippen LogP contribution in [0.1, 0.15) is 26.7 Å². The third kappa shape index (κ3) is 2.80. The second-order valence-electron chi connectivity index (χ2n) is 5.62. The molecule has 1 amide bonds. The largest absolute Gasteiger partial charge is 0.339 e. The van der Waals surface area contributed by atoms with E-state index >= 15 is 0 Å². The fourth-order valence-electron chi connectivity index (χ4n) is 2.91. The van der Waals surface area contributed by atoms with Gasteiger partial charge in [0, 0.05) is 32.2 Å². The molecule has 0 aromatic heterocycles. The molecule has 4 heteroatoms. The molecule has 1 atom stereocenters. The first-order valence-electron chi connectivity index (χ1n) is 6.82. The number of piperazine rings is 1. The molecule has 0 radical (unpaired) electrons. The third-order valence-electron chi connectivity index (χ3n) is 4.06. The van der Waals surface area contributed by atoms with Gasteiger partial charge in [-0.2, -0.15) is 0 Å². The van der Waals surface area contributed by atoms with Gasteiger partial charge in [-0.1, -0.05) is 0 Å². The van der Waals surface area contributed by atoms with Gasteiger partial charge in [-0.25, -0.2) is 0 Å². The number of hydrogen-bond donors (Lipinski definition) is 0. The second kappa shape index (κ2) is 5.36. The van der Waals surface area contributed by atoms with Crippen LogP contribution in [0.25, 0.3) is 0 Å². The van der Waals surface area contributed by atoms with Gasteiger partial charge in [0.15, 0.2) is 0 Å². The Balaban J connectivity index is 1.95. The Morgan fingerprint density at radius 3 is 2.35 bits per heavy atom. The molecule has 0 spiro atoms. The topological polar surface area (TPSA) is 26.8 Å². The summed E-state index contributed by atoms with van der Waals surface area (Å²) in [5.74, 6) is 0.365. The fraction of sp³-hybridized carbons (Fsp3) is 0.923. The van der Waals surface area contributed by atoms with Crippen LogP contribution in [0.5, 0.6) is 0 Å².